The summed E-state index contributed by atoms with van der Waals surface area (Å²) in [5, 5.41) is 0. The van der Waals surface area contributed by atoms with Gasteiger partial charge in [0.2, 0.25) is 0 Å². The number of rotatable bonds is 3. The Labute approximate surface area is 72.3 Å². The summed E-state index contributed by atoms with van der Waals surface area (Å²) < 4.78 is 4.93. The predicted octanol–water partition coefficient (Wildman–Crippen LogP) is 0.915. The van der Waals surface area contributed by atoms with Gasteiger partial charge in [-0.3, -0.25) is 0 Å². The van der Waals surface area contributed by atoms with Gasteiger partial charge in [0, 0.05) is 12.8 Å². The first kappa shape index (κ1) is 9.03. The van der Waals surface area contributed by atoms with Gasteiger partial charge in [0.1, 0.15) is 0 Å². The maximum absolute atomic E-state index is 5.79. The zero-order valence-electron chi connectivity index (χ0n) is 7.16. The Hall–Kier alpha value is -1.06. The molecule has 1 unspecified atom stereocenters. The molecular formula is C9H14N2O. The van der Waals surface area contributed by atoms with Crippen LogP contribution in [0.4, 0.5) is 5.69 Å². The first-order valence-corrected chi connectivity index (χ1v) is 3.84. The van der Waals surface area contributed by atoms with Crippen molar-refractivity contribution in [3.05, 3.63) is 29.8 Å². The monoisotopic (exact) mass is 166 g/mol. The molecule has 0 heterocycles. The Morgan fingerprint density at radius 2 is 1.92 bits per heavy atom. The van der Waals surface area contributed by atoms with Crippen LogP contribution in [0.2, 0.25) is 0 Å². The molecule has 0 aliphatic heterocycles. The molecule has 12 heavy (non-hydrogen) atoms. The van der Waals surface area contributed by atoms with Crippen molar-refractivity contribution in [3.8, 4) is 0 Å². The van der Waals surface area contributed by atoms with Crippen molar-refractivity contribution in [3.63, 3.8) is 0 Å². The Kier molecular flexibility index (Phi) is 3.08. The van der Waals surface area contributed by atoms with E-state index in [2.05, 4.69) is 0 Å². The second-order valence-corrected chi connectivity index (χ2v) is 2.73. The molecule has 0 aromatic heterocycles. The molecule has 3 heteroatoms. The third-order valence-corrected chi connectivity index (χ3v) is 1.71. The summed E-state index contributed by atoms with van der Waals surface area (Å²) in [6.07, 6.45) is 0. The standard InChI is InChI=1S/C9H14N2O/c1-12-6-9(11)7-2-4-8(10)5-3-7/h2-5,9H,6,10-11H2,1H3. The van der Waals surface area contributed by atoms with Crippen LogP contribution in [0.1, 0.15) is 11.6 Å². The van der Waals surface area contributed by atoms with Gasteiger partial charge in [0.15, 0.2) is 0 Å². The van der Waals surface area contributed by atoms with Crippen molar-refractivity contribution in [1.29, 1.82) is 0 Å². The molecule has 0 saturated heterocycles. The second-order valence-electron chi connectivity index (χ2n) is 2.73. The number of anilines is 1. The average Bonchev–Trinajstić information content (AvgIpc) is 2.06. The molecule has 1 atom stereocenters. The first-order valence-electron chi connectivity index (χ1n) is 3.84. The molecule has 0 radical (unpaired) electrons. The van der Waals surface area contributed by atoms with E-state index in [9.17, 15) is 0 Å². The molecule has 0 aliphatic rings. The van der Waals surface area contributed by atoms with Crippen LogP contribution < -0.4 is 11.5 Å². The largest absolute Gasteiger partial charge is 0.399 e. The number of methoxy groups -OCH3 is 1. The summed E-state index contributed by atoms with van der Waals surface area (Å²) in [4.78, 5) is 0. The van der Waals surface area contributed by atoms with E-state index in [0.717, 1.165) is 11.3 Å². The summed E-state index contributed by atoms with van der Waals surface area (Å²) in [5.41, 5.74) is 13.1. The molecular weight excluding hydrogens is 152 g/mol. The number of nitrogens with two attached hydrogens (primary N) is 2. The summed E-state index contributed by atoms with van der Waals surface area (Å²) in [7, 11) is 1.64. The summed E-state index contributed by atoms with van der Waals surface area (Å²) in [6.45, 7) is 0.532. The quantitative estimate of drug-likeness (QED) is 0.656. The fraction of sp³-hybridized carbons (Fsp3) is 0.333. The van der Waals surface area contributed by atoms with Gasteiger partial charge in [-0.05, 0) is 17.7 Å². The van der Waals surface area contributed by atoms with Gasteiger partial charge in [-0.1, -0.05) is 12.1 Å². The highest BCUT2D eigenvalue weighted by Gasteiger charge is 2.03. The SMILES string of the molecule is COCC(N)c1ccc(N)cc1. The summed E-state index contributed by atoms with van der Waals surface area (Å²) >= 11 is 0. The molecule has 0 bridgehead atoms. The van der Waals surface area contributed by atoms with Gasteiger partial charge in [-0.25, -0.2) is 0 Å². The Morgan fingerprint density at radius 1 is 1.33 bits per heavy atom. The zero-order valence-corrected chi connectivity index (χ0v) is 7.16. The van der Waals surface area contributed by atoms with Crippen molar-refractivity contribution >= 4 is 5.69 Å². The molecule has 0 amide bonds. The van der Waals surface area contributed by atoms with Gasteiger partial charge < -0.3 is 16.2 Å². The number of hydrogen-bond acceptors (Lipinski definition) is 3. The lowest BCUT2D eigenvalue weighted by molar-refractivity contribution is 0.181. The van der Waals surface area contributed by atoms with Gasteiger partial charge in [-0.2, -0.15) is 0 Å². The van der Waals surface area contributed by atoms with E-state index in [1.807, 2.05) is 24.3 Å². The van der Waals surface area contributed by atoms with Gasteiger partial charge in [0.05, 0.1) is 12.6 Å². The lowest BCUT2D eigenvalue weighted by Gasteiger charge is -2.10. The van der Waals surface area contributed by atoms with Crippen LogP contribution in [0.5, 0.6) is 0 Å². The number of nitrogen functional groups attached to an aromatic ring is 1. The van der Waals surface area contributed by atoms with Crippen molar-refractivity contribution in [1.82, 2.24) is 0 Å². The van der Waals surface area contributed by atoms with Crippen molar-refractivity contribution in [2.24, 2.45) is 5.73 Å². The predicted molar refractivity (Wildman–Crippen MR) is 49.7 cm³/mol. The first-order chi connectivity index (χ1) is 5.74. The molecule has 1 aromatic rings. The van der Waals surface area contributed by atoms with Crippen LogP contribution in [0.3, 0.4) is 0 Å². The van der Waals surface area contributed by atoms with Gasteiger partial charge in [0.25, 0.3) is 0 Å². The molecule has 66 valence electrons. The zero-order chi connectivity index (χ0) is 8.97. The molecule has 0 saturated carbocycles. The number of hydrogen-bond donors (Lipinski definition) is 2. The molecule has 1 aromatic carbocycles. The topological polar surface area (TPSA) is 61.3 Å². The highest BCUT2D eigenvalue weighted by atomic mass is 16.5. The van der Waals surface area contributed by atoms with E-state index in [1.54, 1.807) is 7.11 Å². The van der Waals surface area contributed by atoms with Crippen LogP contribution in [0.15, 0.2) is 24.3 Å². The molecule has 3 nitrogen and oxygen atoms in total. The second kappa shape index (κ2) is 4.09. The number of benzene rings is 1. The van der Waals surface area contributed by atoms with E-state index < -0.39 is 0 Å². The lowest BCUT2D eigenvalue weighted by Crippen LogP contribution is -2.15. The minimum absolute atomic E-state index is 0.0596. The highest BCUT2D eigenvalue weighted by molar-refractivity contribution is 5.40. The minimum Gasteiger partial charge on any atom is -0.399 e. The van der Waals surface area contributed by atoms with Crippen LogP contribution in [-0.2, 0) is 4.74 Å². The fourth-order valence-electron chi connectivity index (χ4n) is 1.02. The van der Waals surface area contributed by atoms with E-state index >= 15 is 0 Å². The van der Waals surface area contributed by atoms with E-state index in [4.69, 9.17) is 16.2 Å². The molecule has 1 rings (SSSR count). The molecule has 0 aliphatic carbocycles. The van der Waals surface area contributed by atoms with Gasteiger partial charge in [-0.15, -0.1) is 0 Å². The van der Waals surface area contributed by atoms with Crippen LogP contribution in [-0.4, -0.2) is 13.7 Å². The Balaban J connectivity index is 2.68. The van der Waals surface area contributed by atoms with E-state index in [0.29, 0.717) is 6.61 Å². The lowest BCUT2D eigenvalue weighted by atomic mass is 10.1. The van der Waals surface area contributed by atoms with Crippen molar-refractivity contribution in [2.45, 2.75) is 6.04 Å². The third-order valence-electron chi connectivity index (χ3n) is 1.71. The summed E-state index contributed by atoms with van der Waals surface area (Å²) in [6, 6.07) is 7.45. The molecule has 0 spiro atoms. The maximum atomic E-state index is 5.79. The minimum atomic E-state index is -0.0596. The van der Waals surface area contributed by atoms with Crippen molar-refractivity contribution in [2.75, 3.05) is 19.5 Å². The normalized spacial score (nSPS) is 12.8. The molecule has 0 fully saturated rings. The average molecular weight is 166 g/mol. The fourth-order valence-corrected chi connectivity index (χ4v) is 1.02. The Bertz CT molecular complexity index is 233. The maximum Gasteiger partial charge on any atom is 0.0655 e. The Morgan fingerprint density at radius 3 is 2.42 bits per heavy atom. The van der Waals surface area contributed by atoms with Crippen LogP contribution >= 0.6 is 0 Å². The van der Waals surface area contributed by atoms with E-state index in [-0.39, 0.29) is 6.04 Å². The highest BCUT2D eigenvalue weighted by Crippen LogP contribution is 2.12. The van der Waals surface area contributed by atoms with Crippen molar-refractivity contribution < 1.29 is 4.74 Å². The number of ether oxygens (including phenoxy) is 1. The van der Waals surface area contributed by atoms with Gasteiger partial charge >= 0.3 is 0 Å². The van der Waals surface area contributed by atoms with Crippen LogP contribution in [0, 0.1) is 0 Å². The molecule has 4 N–H and O–H groups in total. The van der Waals surface area contributed by atoms with Crippen LogP contribution in [0.25, 0.3) is 0 Å². The summed E-state index contributed by atoms with van der Waals surface area (Å²) in [5.74, 6) is 0. The smallest absolute Gasteiger partial charge is 0.0655 e. The van der Waals surface area contributed by atoms with E-state index in [1.165, 1.54) is 0 Å². The third kappa shape index (κ3) is 2.22.